The minimum Gasteiger partial charge on any atom is -0.331 e. The summed E-state index contributed by atoms with van der Waals surface area (Å²) in [6, 6.07) is -0.390. The van der Waals surface area contributed by atoms with Gasteiger partial charge >= 0.3 is 6.18 Å². The highest BCUT2D eigenvalue weighted by atomic mass is 19.4. The highest BCUT2D eigenvalue weighted by Gasteiger charge is 2.38. The average molecular weight is 280 g/mol. The molecule has 19 heavy (non-hydrogen) atoms. The maximum absolute atomic E-state index is 12.5. The molecule has 0 spiro atoms. The quantitative estimate of drug-likeness (QED) is 0.863. The Bertz CT molecular complexity index is 318. The number of hydrogen-bond donors (Lipinski definition) is 1. The number of amides is 1. The number of nitrogens with two attached hydrogens (primary N) is 1. The summed E-state index contributed by atoms with van der Waals surface area (Å²) in [5, 5.41) is 0. The fourth-order valence-corrected chi connectivity index (χ4v) is 2.59. The second kappa shape index (κ2) is 6.11. The van der Waals surface area contributed by atoms with Gasteiger partial charge in [0.05, 0.1) is 0 Å². The van der Waals surface area contributed by atoms with E-state index in [1.165, 1.54) is 0 Å². The van der Waals surface area contributed by atoms with Crippen LogP contribution in [0.25, 0.3) is 0 Å². The summed E-state index contributed by atoms with van der Waals surface area (Å²) in [7, 11) is 0. The van der Waals surface area contributed by atoms with Gasteiger partial charge in [-0.15, -0.1) is 0 Å². The van der Waals surface area contributed by atoms with Crippen molar-refractivity contribution in [3.63, 3.8) is 0 Å². The molecule has 3 atom stereocenters. The van der Waals surface area contributed by atoms with Crippen molar-refractivity contribution >= 4 is 5.91 Å². The molecule has 0 radical (unpaired) electrons. The van der Waals surface area contributed by atoms with Crippen molar-refractivity contribution < 1.29 is 18.0 Å². The van der Waals surface area contributed by atoms with E-state index in [1.807, 2.05) is 6.92 Å². The number of hydrogen-bond acceptors (Lipinski definition) is 2. The van der Waals surface area contributed by atoms with Gasteiger partial charge in [0, 0.05) is 18.0 Å². The van der Waals surface area contributed by atoms with Gasteiger partial charge in [0.15, 0.2) is 0 Å². The summed E-state index contributed by atoms with van der Waals surface area (Å²) in [5.41, 5.74) is 5.87. The van der Waals surface area contributed by atoms with Crippen molar-refractivity contribution in [1.29, 1.82) is 0 Å². The van der Waals surface area contributed by atoms with Crippen LogP contribution in [0.15, 0.2) is 0 Å². The second-order valence-electron chi connectivity index (χ2n) is 5.83. The highest BCUT2D eigenvalue weighted by molar-refractivity contribution is 5.79. The van der Waals surface area contributed by atoms with Crippen LogP contribution < -0.4 is 5.73 Å². The van der Waals surface area contributed by atoms with Gasteiger partial charge in [0.2, 0.25) is 5.91 Å². The number of carbonyl (C=O) groups is 1. The largest absolute Gasteiger partial charge is 0.406 e. The third-order valence-corrected chi connectivity index (χ3v) is 3.84. The van der Waals surface area contributed by atoms with E-state index < -0.39 is 18.8 Å². The fourth-order valence-electron chi connectivity index (χ4n) is 2.59. The first-order valence-electron chi connectivity index (χ1n) is 6.74. The molecule has 1 aliphatic carbocycles. The average Bonchev–Trinajstić information content (AvgIpc) is 2.27. The van der Waals surface area contributed by atoms with E-state index in [9.17, 15) is 18.0 Å². The van der Waals surface area contributed by atoms with Gasteiger partial charge in [0.25, 0.3) is 0 Å². The van der Waals surface area contributed by atoms with Gasteiger partial charge in [-0.05, 0) is 39.0 Å². The van der Waals surface area contributed by atoms with Crippen LogP contribution in [0.2, 0.25) is 0 Å². The van der Waals surface area contributed by atoms with E-state index in [0.717, 1.165) is 4.90 Å². The summed E-state index contributed by atoms with van der Waals surface area (Å²) >= 11 is 0. The molecule has 0 heterocycles. The van der Waals surface area contributed by atoms with Crippen molar-refractivity contribution in [1.82, 2.24) is 4.90 Å². The van der Waals surface area contributed by atoms with E-state index >= 15 is 0 Å². The minimum absolute atomic E-state index is 0.0548. The van der Waals surface area contributed by atoms with Crippen LogP contribution >= 0.6 is 0 Å². The predicted octanol–water partition coefficient (Wildman–Crippen LogP) is 2.55. The third kappa shape index (κ3) is 4.67. The van der Waals surface area contributed by atoms with Gasteiger partial charge < -0.3 is 10.6 Å². The molecule has 3 nitrogen and oxygen atoms in total. The number of carbonyl (C=O) groups excluding carboxylic acids is 1. The molecule has 0 aromatic carbocycles. The molecule has 1 aliphatic rings. The SMILES string of the molecule is CC1CC(C(=O)N(CC(F)(F)F)C(C)C)CCC1N. The Labute approximate surface area is 112 Å². The van der Waals surface area contributed by atoms with Crippen molar-refractivity contribution in [2.75, 3.05) is 6.54 Å². The molecule has 112 valence electrons. The van der Waals surface area contributed by atoms with Crippen LogP contribution in [0, 0.1) is 11.8 Å². The molecule has 1 saturated carbocycles. The first kappa shape index (κ1) is 16.3. The van der Waals surface area contributed by atoms with Gasteiger partial charge in [-0.2, -0.15) is 13.2 Å². The van der Waals surface area contributed by atoms with Gasteiger partial charge in [-0.1, -0.05) is 6.92 Å². The van der Waals surface area contributed by atoms with E-state index in [1.54, 1.807) is 13.8 Å². The normalized spacial score (nSPS) is 28.5. The Hall–Kier alpha value is -0.780. The molecule has 0 aromatic rings. The second-order valence-corrected chi connectivity index (χ2v) is 5.83. The van der Waals surface area contributed by atoms with Gasteiger partial charge in [-0.3, -0.25) is 4.79 Å². The van der Waals surface area contributed by atoms with Gasteiger partial charge in [-0.25, -0.2) is 0 Å². The Morgan fingerprint density at radius 1 is 1.37 bits per heavy atom. The molecule has 0 aromatic heterocycles. The Balaban J connectivity index is 2.72. The van der Waals surface area contributed by atoms with E-state index in [0.29, 0.717) is 19.3 Å². The van der Waals surface area contributed by atoms with E-state index in [4.69, 9.17) is 5.73 Å². The first-order chi connectivity index (χ1) is 8.61. The lowest BCUT2D eigenvalue weighted by molar-refractivity contribution is -0.168. The Morgan fingerprint density at radius 3 is 2.37 bits per heavy atom. The summed E-state index contributed by atoms with van der Waals surface area (Å²) in [4.78, 5) is 13.2. The molecule has 1 fully saturated rings. The first-order valence-corrected chi connectivity index (χ1v) is 6.74. The topological polar surface area (TPSA) is 46.3 Å². The zero-order valence-corrected chi connectivity index (χ0v) is 11.7. The molecule has 2 N–H and O–H groups in total. The maximum Gasteiger partial charge on any atom is 0.406 e. The molecule has 0 bridgehead atoms. The summed E-state index contributed by atoms with van der Waals surface area (Å²) in [5.74, 6) is -0.520. The van der Waals surface area contributed by atoms with Crippen LogP contribution in [-0.2, 0) is 4.79 Å². The van der Waals surface area contributed by atoms with Crippen molar-refractivity contribution in [2.45, 2.75) is 58.3 Å². The number of alkyl halides is 3. The lowest BCUT2D eigenvalue weighted by atomic mass is 9.78. The maximum atomic E-state index is 12.5. The number of rotatable bonds is 3. The van der Waals surface area contributed by atoms with Crippen LogP contribution in [-0.4, -0.2) is 35.6 Å². The van der Waals surface area contributed by atoms with Crippen molar-refractivity contribution in [3.05, 3.63) is 0 Å². The molecule has 1 amide bonds. The van der Waals surface area contributed by atoms with E-state index in [-0.39, 0.29) is 23.8 Å². The Morgan fingerprint density at radius 2 is 1.95 bits per heavy atom. The predicted molar refractivity (Wildman–Crippen MR) is 67.4 cm³/mol. The fraction of sp³-hybridized carbons (Fsp3) is 0.923. The van der Waals surface area contributed by atoms with Crippen LogP contribution in [0.5, 0.6) is 0 Å². The van der Waals surface area contributed by atoms with Crippen LogP contribution in [0.1, 0.15) is 40.0 Å². The highest BCUT2D eigenvalue weighted by Crippen LogP contribution is 2.30. The van der Waals surface area contributed by atoms with Crippen molar-refractivity contribution in [2.24, 2.45) is 17.6 Å². The lowest BCUT2D eigenvalue weighted by Gasteiger charge is -2.36. The standard InChI is InChI=1S/C13H23F3N2O/c1-8(2)18(7-13(14,15)16)12(19)10-4-5-11(17)9(3)6-10/h8-11H,4-7,17H2,1-3H3. The molecule has 0 saturated heterocycles. The molecule has 6 heteroatoms. The molecule has 1 rings (SSSR count). The smallest absolute Gasteiger partial charge is 0.331 e. The summed E-state index contributed by atoms with van der Waals surface area (Å²) in [6.07, 6.45) is -2.47. The van der Waals surface area contributed by atoms with E-state index in [2.05, 4.69) is 0 Å². The molecule has 0 aliphatic heterocycles. The van der Waals surface area contributed by atoms with Crippen molar-refractivity contribution in [3.8, 4) is 0 Å². The number of nitrogens with zero attached hydrogens (tertiary/aromatic N) is 1. The lowest BCUT2D eigenvalue weighted by Crippen LogP contribution is -2.48. The zero-order chi connectivity index (χ0) is 14.8. The van der Waals surface area contributed by atoms with Crippen LogP contribution in [0.4, 0.5) is 13.2 Å². The molecule has 3 unspecified atom stereocenters. The monoisotopic (exact) mass is 280 g/mol. The zero-order valence-electron chi connectivity index (χ0n) is 11.7. The Kier molecular flexibility index (Phi) is 5.24. The van der Waals surface area contributed by atoms with Gasteiger partial charge in [0.1, 0.15) is 6.54 Å². The molecular formula is C13H23F3N2O. The minimum atomic E-state index is -4.35. The summed E-state index contributed by atoms with van der Waals surface area (Å²) < 4.78 is 37.6. The summed E-state index contributed by atoms with van der Waals surface area (Å²) in [6.45, 7) is 4.01. The number of halogens is 3. The van der Waals surface area contributed by atoms with Crippen LogP contribution in [0.3, 0.4) is 0 Å². The third-order valence-electron chi connectivity index (χ3n) is 3.84. The molecular weight excluding hydrogens is 257 g/mol.